The molecule has 0 unspecified atom stereocenters. The Labute approximate surface area is 288 Å². The SMILES string of the molecule is Cc1ccccc1-c1c2cc3c(cc2c(-c2ccccc2C)c2c4cccc5cccc(c12)c54)c1cc2cccc4ccc5ccc3c1c5c42. The lowest BCUT2D eigenvalue weighted by atomic mass is 9.84. The van der Waals surface area contributed by atoms with Crippen molar-refractivity contribution in [1.82, 2.24) is 0 Å². The summed E-state index contributed by atoms with van der Waals surface area (Å²) in [5.74, 6) is 0. The van der Waals surface area contributed by atoms with Crippen LogP contribution in [0.4, 0.5) is 0 Å². The van der Waals surface area contributed by atoms with E-state index in [9.17, 15) is 0 Å². The fraction of sp³-hybridized carbons (Fsp3) is 0.0400. The minimum absolute atomic E-state index is 1.30. The average molecular weight is 631 g/mol. The quantitative estimate of drug-likeness (QED) is 0.167. The van der Waals surface area contributed by atoms with Gasteiger partial charge < -0.3 is 0 Å². The number of benzene rings is 10. The second kappa shape index (κ2) is 9.26. The van der Waals surface area contributed by atoms with E-state index in [-0.39, 0.29) is 0 Å². The predicted molar refractivity (Wildman–Crippen MR) is 218 cm³/mol. The fourth-order valence-electron chi connectivity index (χ4n) is 9.83. The number of aryl methyl sites for hydroxylation is 2. The highest BCUT2D eigenvalue weighted by atomic mass is 14.3. The molecule has 0 amide bonds. The Hall–Kier alpha value is -6.24. The van der Waals surface area contributed by atoms with Crippen molar-refractivity contribution in [3.05, 3.63) is 157 Å². The van der Waals surface area contributed by atoms with Crippen LogP contribution in [0, 0.1) is 13.8 Å². The average Bonchev–Trinajstić information content (AvgIpc) is 3.64. The molecule has 12 rings (SSSR count). The van der Waals surface area contributed by atoms with E-state index < -0.39 is 0 Å². The summed E-state index contributed by atoms with van der Waals surface area (Å²) >= 11 is 0. The zero-order valence-electron chi connectivity index (χ0n) is 27.9. The molecule has 12 aromatic rings. The number of rotatable bonds is 2. The van der Waals surface area contributed by atoms with E-state index in [2.05, 4.69) is 159 Å². The first kappa shape index (κ1) is 26.7. The van der Waals surface area contributed by atoms with Gasteiger partial charge >= 0.3 is 0 Å². The maximum atomic E-state index is 2.56. The number of hydrogen-bond acceptors (Lipinski definition) is 0. The molecule has 230 valence electrons. The summed E-state index contributed by atoms with van der Waals surface area (Å²) in [6.07, 6.45) is 0. The van der Waals surface area contributed by atoms with Gasteiger partial charge in [-0.3, -0.25) is 0 Å². The lowest BCUT2D eigenvalue weighted by molar-refractivity contribution is 1.47. The first-order valence-corrected chi connectivity index (χ1v) is 17.7. The summed E-state index contributed by atoms with van der Waals surface area (Å²) < 4.78 is 0. The minimum atomic E-state index is 1.30. The molecular weight excluding hydrogens is 601 g/mol. The van der Waals surface area contributed by atoms with Crippen molar-refractivity contribution >= 4 is 97.0 Å². The summed E-state index contributed by atoms with van der Waals surface area (Å²) in [5, 5.41) is 24.2. The molecule has 0 aromatic heterocycles. The topological polar surface area (TPSA) is 0 Å². The van der Waals surface area contributed by atoms with Gasteiger partial charge in [-0.2, -0.15) is 0 Å². The van der Waals surface area contributed by atoms with E-state index in [0.29, 0.717) is 0 Å². The molecular formula is C50H30. The van der Waals surface area contributed by atoms with E-state index in [0.717, 1.165) is 0 Å². The van der Waals surface area contributed by atoms with Crippen LogP contribution < -0.4 is 0 Å². The first-order valence-electron chi connectivity index (χ1n) is 17.7. The zero-order valence-corrected chi connectivity index (χ0v) is 27.9. The van der Waals surface area contributed by atoms with Crippen molar-refractivity contribution in [3.8, 4) is 22.3 Å². The highest BCUT2D eigenvalue weighted by Crippen LogP contribution is 2.54. The van der Waals surface area contributed by atoms with Crippen LogP contribution in [0.3, 0.4) is 0 Å². The van der Waals surface area contributed by atoms with Gasteiger partial charge in [-0.1, -0.05) is 127 Å². The lowest BCUT2D eigenvalue weighted by Crippen LogP contribution is -1.92. The Bertz CT molecular complexity index is 3370. The van der Waals surface area contributed by atoms with Crippen molar-refractivity contribution in [1.29, 1.82) is 0 Å². The van der Waals surface area contributed by atoms with Crippen LogP contribution in [0.15, 0.2) is 146 Å². The molecule has 0 spiro atoms. The fourth-order valence-corrected chi connectivity index (χ4v) is 9.83. The molecule has 50 heavy (non-hydrogen) atoms. The maximum absolute atomic E-state index is 2.56. The normalized spacial score (nSPS) is 12.6. The smallest absolute Gasteiger partial charge is 0.000731 e. The predicted octanol–water partition coefficient (Wildman–Crippen LogP) is 14.3. The largest absolute Gasteiger partial charge is 0.0620 e. The summed E-state index contributed by atoms with van der Waals surface area (Å²) in [5.41, 5.74) is 7.90. The van der Waals surface area contributed by atoms with Crippen molar-refractivity contribution in [2.24, 2.45) is 0 Å². The molecule has 0 saturated heterocycles. The van der Waals surface area contributed by atoms with Crippen molar-refractivity contribution in [2.75, 3.05) is 0 Å². The van der Waals surface area contributed by atoms with Crippen LogP contribution >= 0.6 is 0 Å². The third kappa shape index (κ3) is 3.18. The summed E-state index contributed by atoms with van der Waals surface area (Å²) in [4.78, 5) is 0. The molecule has 0 atom stereocenters. The molecule has 0 heteroatoms. The van der Waals surface area contributed by atoms with Gasteiger partial charge in [-0.15, -0.1) is 0 Å². The third-order valence-electron chi connectivity index (χ3n) is 11.9. The van der Waals surface area contributed by atoms with Crippen LogP contribution in [0.5, 0.6) is 0 Å². The van der Waals surface area contributed by atoms with Crippen LogP contribution in [0.2, 0.25) is 0 Å². The van der Waals surface area contributed by atoms with E-state index in [1.165, 1.54) is 130 Å². The second-order valence-electron chi connectivity index (χ2n) is 14.4. The van der Waals surface area contributed by atoms with E-state index in [4.69, 9.17) is 0 Å². The molecule has 0 aliphatic rings. The monoisotopic (exact) mass is 630 g/mol. The number of fused-ring (bicyclic) bond motifs is 7. The molecule has 0 nitrogen and oxygen atoms in total. The minimum Gasteiger partial charge on any atom is -0.0620 e. The molecule has 0 radical (unpaired) electrons. The first-order chi connectivity index (χ1) is 24.7. The molecule has 0 aliphatic heterocycles. The molecule has 0 bridgehead atoms. The van der Waals surface area contributed by atoms with Gasteiger partial charge in [-0.25, -0.2) is 0 Å². The Kier molecular flexibility index (Phi) is 4.94. The zero-order chi connectivity index (χ0) is 32.8. The van der Waals surface area contributed by atoms with Gasteiger partial charge in [0.25, 0.3) is 0 Å². The molecule has 0 aliphatic carbocycles. The molecule has 0 fully saturated rings. The Morgan fingerprint density at radius 2 is 0.760 bits per heavy atom. The van der Waals surface area contributed by atoms with Crippen LogP contribution in [0.1, 0.15) is 11.1 Å². The van der Waals surface area contributed by atoms with E-state index >= 15 is 0 Å². The van der Waals surface area contributed by atoms with Gasteiger partial charge in [0.1, 0.15) is 0 Å². The van der Waals surface area contributed by atoms with Gasteiger partial charge in [0.2, 0.25) is 0 Å². The van der Waals surface area contributed by atoms with Gasteiger partial charge in [0.15, 0.2) is 0 Å². The molecule has 0 N–H and O–H groups in total. The third-order valence-corrected chi connectivity index (χ3v) is 11.9. The molecule has 0 heterocycles. The van der Waals surface area contributed by atoms with Crippen LogP contribution in [-0.4, -0.2) is 0 Å². The number of hydrogen-bond donors (Lipinski definition) is 0. The molecule has 12 aromatic carbocycles. The van der Waals surface area contributed by atoms with E-state index in [1.807, 2.05) is 0 Å². The van der Waals surface area contributed by atoms with Crippen molar-refractivity contribution in [2.45, 2.75) is 13.8 Å². The standard InChI is InChI=1S/C50H30/c1-27-10-3-5-16-33(27)46-41-25-38-35-23-22-31-21-20-30-12-7-15-32-24-40(48(35)45(31)43(30)32)39(38)26-42(41)47(34-17-6-4-11-28(34)2)50-37-19-9-14-29-13-8-18-36(44(29)37)49(46)50/h3-26H,1-2H3. The summed E-state index contributed by atoms with van der Waals surface area (Å²) in [7, 11) is 0. The summed E-state index contributed by atoms with van der Waals surface area (Å²) in [6.45, 7) is 4.54. The van der Waals surface area contributed by atoms with Crippen molar-refractivity contribution < 1.29 is 0 Å². The van der Waals surface area contributed by atoms with Gasteiger partial charge in [0, 0.05) is 0 Å². The Morgan fingerprint density at radius 1 is 0.260 bits per heavy atom. The Balaban J connectivity index is 1.42. The van der Waals surface area contributed by atoms with Gasteiger partial charge in [-0.05, 0) is 162 Å². The molecule has 0 saturated carbocycles. The maximum Gasteiger partial charge on any atom is -0.000731 e. The second-order valence-corrected chi connectivity index (χ2v) is 14.4. The van der Waals surface area contributed by atoms with Crippen LogP contribution in [0.25, 0.3) is 119 Å². The highest BCUT2D eigenvalue weighted by Gasteiger charge is 2.26. The van der Waals surface area contributed by atoms with Gasteiger partial charge in [0.05, 0.1) is 0 Å². The summed E-state index contributed by atoms with van der Waals surface area (Å²) in [6, 6.07) is 55.3. The van der Waals surface area contributed by atoms with Crippen LogP contribution in [-0.2, 0) is 0 Å². The lowest BCUT2D eigenvalue weighted by Gasteiger charge is -2.19. The Morgan fingerprint density at radius 3 is 1.38 bits per heavy atom. The highest BCUT2D eigenvalue weighted by molar-refractivity contribution is 6.44. The van der Waals surface area contributed by atoms with Crippen molar-refractivity contribution in [3.63, 3.8) is 0 Å². The van der Waals surface area contributed by atoms with E-state index in [1.54, 1.807) is 0 Å².